The van der Waals surface area contributed by atoms with E-state index >= 15 is 0 Å². The zero-order valence-electron chi connectivity index (χ0n) is 11.1. The Morgan fingerprint density at radius 3 is 2.85 bits per heavy atom. The molecular weight excluding hydrogens is 256 g/mol. The van der Waals surface area contributed by atoms with Gasteiger partial charge in [0.05, 0.1) is 12.3 Å². The fraction of sp³-hybridized carbons (Fsp3) is 0.357. The van der Waals surface area contributed by atoms with Crippen LogP contribution in [0.2, 0.25) is 0 Å². The number of benzene rings is 1. The lowest BCUT2D eigenvalue weighted by atomic mass is 10.2. The van der Waals surface area contributed by atoms with E-state index in [-0.39, 0.29) is 11.7 Å². The van der Waals surface area contributed by atoms with Gasteiger partial charge in [0.1, 0.15) is 6.33 Å². The zero-order valence-corrected chi connectivity index (χ0v) is 11.1. The second-order valence-corrected chi connectivity index (χ2v) is 4.65. The Hall–Kier alpha value is -2.21. The Morgan fingerprint density at radius 2 is 2.00 bits per heavy atom. The molecule has 2 aromatic rings. The number of amides is 1. The predicted molar refractivity (Wildman–Crippen MR) is 72.2 cm³/mol. The van der Waals surface area contributed by atoms with E-state index < -0.39 is 0 Å². The molecule has 2 heterocycles. The van der Waals surface area contributed by atoms with Crippen molar-refractivity contribution in [2.75, 3.05) is 13.2 Å². The first-order valence-electron chi connectivity index (χ1n) is 6.76. The van der Waals surface area contributed by atoms with Crippen molar-refractivity contribution < 1.29 is 9.63 Å². The summed E-state index contributed by atoms with van der Waals surface area (Å²) < 4.78 is 1.59. The van der Waals surface area contributed by atoms with E-state index in [1.807, 2.05) is 30.3 Å². The van der Waals surface area contributed by atoms with Crippen LogP contribution in [0.5, 0.6) is 0 Å². The minimum atomic E-state index is -0.276. The number of hydrogen-bond acceptors (Lipinski definition) is 4. The van der Waals surface area contributed by atoms with Gasteiger partial charge in [-0.2, -0.15) is 0 Å². The van der Waals surface area contributed by atoms with Crippen LogP contribution in [0, 0.1) is 0 Å². The Labute approximate surface area is 116 Å². The molecule has 6 heteroatoms. The highest BCUT2D eigenvalue weighted by Gasteiger charge is 2.22. The summed E-state index contributed by atoms with van der Waals surface area (Å²) >= 11 is 0. The third-order valence-corrected chi connectivity index (χ3v) is 3.18. The molecule has 1 aliphatic rings. The number of carbonyl (C=O) groups is 1. The lowest BCUT2D eigenvalue weighted by Crippen LogP contribution is -2.32. The van der Waals surface area contributed by atoms with E-state index in [4.69, 9.17) is 4.84 Å². The second kappa shape index (κ2) is 5.83. The average molecular weight is 272 g/mol. The van der Waals surface area contributed by atoms with Gasteiger partial charge in [-0.15, -0.1) is 5.10 Å². The summed E-state index contributed by atoms with van der Waals surface area (Å²) in [6.45, 7) is 1.17. The molecule has 0 saturated carbocycles. The van der Waals surface area contributed by atoms with Gasteiger partial charge in [-0.3, -0.25) is 9.63 Å². The van der Waals surface area contributed by atoms with Crippen molar-refractivity contribution >= 4 is 5.91 Å². The first kappa shape index (κ1) is 12.8. The van der Waals surface area contributed by atoms with Gasteiger partial charge < -0.3 is 0 Å². The minimum absolute atomic E-state index is 0.163. The summed E-state index contributed by atoms with van der Waals surface area (Å²) in [5.74, 6) is -0.114. The zero-order chi connectivity index (χ0) is 13.8. The number of aromatic nitrogens is 3. The van der Waals surface area contributed by atoms with Crippen LogP contribution < -0.4 is 0 Å². The van der Waals surface area contributed by atoms with Gasteiger partial charge in [0.15, 0.2) is 0 Å². The van der Waals surface area contributed by atoms with Crippen LogP contribution in [0.25, 0.3) is 5.69 Å². The first-order chi connectivity index (χ1) is 9.84. The van der Waals surface area contributed by atoms with Gasteiger partial charge in [-0.25, -0.2) is 14.7 Å². The van der Waals surface area contributed by atoms with Crippen LogP contribution in [0.3, 0.4) is 0 Å². The molecular formula is C14H16N4O2. The average Bonchev–Trinajstić information content (AvgIpc) is 2.83. The van der Waals surface area contributed by atoms with Crippen LogP contribution in [0.1, 0.15) is 29.9 Å². The fourth-order valence-electron chi connectivity index (χ4n) is 2.11. The SMILES string of the molecule is O=C(c1ncn(-c2ccccc2)n1)N1CCCCCO1. The number of nitrogens with zero attached hydrogens (tertiary/aromatic N) is 4. The maximum atomic E-state index is 12.3. The van der Waals surface area contributed by atoms with Crippen molar-refractivity contribution in [1.29, 1.82) is 0 Å². The highest BCUT2D eigenvalue weighted by atomic mass is 16.7. The molecule has 1 amide bonds. The quantitative estimate of drug-likeness (QED) is 0.836. The molecule has 0 N–H and O–H groups in total. The van der Waals surface area contributed by atoms with E-state index in [2.05, 4.69) is 10.1 Å². The van der Waals surface area contributed by atoms with Crippen molar-refractivity contribution in [2.45, 2.75) is 19.3 Å². The fourth-order valence-corrected chi connectivity index (χ4v) is 2.11. The number of rotatable bonds is 2. The molecule has 1 aromatic carbocycles. The molecule has 0 bridgehead atoms. The van der Waals surface area contributed by atoms with E-state index in [0.717, 1.165) is 24.9 Å². The molecule has 104 valence electrons. The van der Waals surface area contributed by atoms with Crippen LogP contribution in [-0.4, -0.2) is 38.9 Å². The van der Waals surface area contributed by atoms with Crippen molar-refractivity contribution in [2.24, 2.45) is 0 Å². The lowest BCUT2D eigenvalue weighted by molar-refractivity contribution is -0.116. The molecule has 0 unspecified atom stereocenters. The summed E-state index contributed by atoms with van der Waals surface area (Å²) in [6, 6.07) is 9.57. The maximum absolute atomic E-state index is 12.3. The van der Waals surface area contributed by atoms with Crippen molar-refractivity contribution in [3.63, 3.8) is 0 Å². The Bertz CT molecular complexity index is 574. The molecule has 1 aliphatic heterocycles. The highest BCUT2D eigenvalue weighted by molar-refractivity contribution is 5.89. The van der Waals surface area contributed by atoms with Crippen molar-refractivity contribution in [1.82, 2.24) is 19.8 Å². The third-order valence-electron chi connectivity index (χ3n) is 3.18. The smallest absolute Gasteiger partial charge is 0.271 e. The standard InChI is InChI=1S/C14H16N4O2/c19-14(18-9-5-2-6-10-20-18)13-15-11-17(16-13)12-7-3-1-4-8-12/h1,3-4,7-8,11H,2,5-6,9-10H2. The summed E-state index contributed by atoms with van der Waals surface area (Å²) in [7, 11) is 0. The Morgan fingerprint density at radius 1 is 1.15 bits per heavy atom. The molecule has 0 aliphatic carbocycles. The van der Waals surface area contributed by atoms with Gasteiger partial charge in [0.2, 0.25) is 5.82 Å². The summed E-state index contributed by atoms with van der Waals surface area (Å²) in [5.41, 5.74) is 0.871. The molecule has 1 saturated heterocycles. The van der Waals surface area contributed by atoms with Gasteiger partial charge in [-0.1, -0.05) is 18.2 Å². The normalized spacial score (nSPS) is 15.9. The van der Waals surface area contributed by atoms with E-state index in [0.29, 0.717) is 13.2 Å². The van der Waals surface area contributed by atoms with Crippen LogP contribution in [-0.2, 0) is 4.84 Å². The van der Waals surface area contributed by atoms with Gasteiger partial charge in [0.25, 0.3) is 0 Å². The van der Waals surface area contributed by atoms with Gasteiger partial charge in [-0.05, 0) is 31.4 Å². The largest absolute Gasteiger partial charge is 0.317 e. The lowest BCUT2D eigenvalue weighted by Gasteiger charge is -2.17. The molecule has 0 atom stereocenters. The Balaban J connectivity index is 1.77. The van der Waals surface area contributed by atoms with E-state index in [1.54, 1.807) is 11.0 Å². The number of carbonyl (C=O) groups excluding carboxylic acids is 1. The van der Waals surface area contributed by atoms with Crippen LogP contribution >= 0.6 is 0 Å². The van der Waals surface area contributed by atoms with Crippen molar-refractivity contribution in [3.8, 4) is 5.69 Å². The van der Waals surface area contributed by atoms with Gasteiger partial charge in [0, 0.05) is 6.54 Å². The molecule has 3 rings (SSSR count). The molecule has 20 heavy (non-hydrogen) atoms. The number of hydroxylamine groups is 2. The number of hydrogen-bond donors (Lipinski definition) is 0. The summed E-state index contributed by atoms with van der Waals surface area (Å²) in [4.78, 5) is 21.8. The van der Waals surface area contributed by atoms with E-state index in [9.17, 15) is 4.79 Å². The Kier molecular flexibility index (Phi) is 3.73. The van der Waals surface area contributed by atoms with Gasteiger partial charge >= 0.3 is 5.91 Å². The summed E-state index contributed by atoms with van der Waals surface area (Å²) in [5, 5.41) is 5.59. The van der Waals surface area contributed by atoms with Crippen LogP contribution in [0.15, 0.2) is 36.7 Å². The predicted octanol–water partition coefficient (Wildman–Crippen LogP) is 1.82. The topological polar surface area (TPSA) is 60.2 Å². The molecule has 6 nitrogen and oxygen atoms in total. The molecule has 0 spiro atoms. The summed E-state index contributed by atoms with van der Waals surface area (Å²) in [6.07, 6.45) is 4.55. The highest BCUT2D eigenvalue weighted by Crippen LogP contribution is 2.11. The van der Waals surface area contributed by atoms with Crippen molar-refractivity contribution in [3.05, 3.63) is 42.5 Å². The van der Waals surface area contributed by atoms with Crippen LogP contribution in [0.4, 0.5) is 0 Å². The molecule has 0 radical (unpaired) electrons. The van der Waals surface area contributed by atoms with E-state index in [1.165, 1.54) is 5.06 Å². The molecule has 1 fully saturated rings. The number of para-hydroxylation sites is 1. The first-order valence-corrected chi connectivity index (χ1v) is 6.76. The monoisotopic (exact) mass is 272 g/mol. The molecule has 1 aromatic heterocycles. The minimum Gasteiger partial charge on any atom is -0.271 e. The maximum Gasteiger partial charge on any atom is 0.317 e. The second-order valence-electron chi connectivity index (χ2n) is 4.65. The third kappa shape index (κ3) is 2.70.